The van der Waals surface area contributed by atoms with Crippen LogP contribution >= 0.6 is 0 Å². The molecule has 4 unspecified atom stereocenters. The van der Waals surface area contributed by atoms with Crippen molar-refractivity contribution in [3.63, 3.8) is 0 Å². The molecule has 36 heavy (non-hydrogen) atoms. The molecule has 0 aliphatic carbocycles. The van der Waals surface area contributed by atoms with Crippen molar-refractivity contribution in [1.82, 2.24) is 16.0 Å². The van der Waals surface area contributed by atoms with Gasteiger partial charge in [0.15, 0.2) is 0 Å². The van der Waals surface area contributed by atoms with Gasteiger partial charge in [0.2, 0.25) is 17.7 Å². The summed E-state index contributed by atoms with van der Waals surface area (Å²) in [4.78, 5) is 61.2. The predicted octanol–water partition coefficient (Wildman–Crippen LogP) is 0.662. The molecule has 0 saturated carbocycles. The van der Waals surface area contributed by atoms with E-state index in [0.29, 0.717) is 12.0 Å². The van der Waals surface area contributed by atoms with E-state index in [1.807, 2.05) is 13.8 Å². The fourth-order valence-corrected chi connectivity index (χ4v) is 3.53. The van der Waals surface area contributed by atoms with Gasteiger partial charge in [0.25, 0.3) is 0 Å². The van der Waals surface area contributed by atoms with Crippen molar-refractivity contribution < 1.29 is 34.2 Å². The van der Waals surface area contributed by atoms with Gasteiger partial charge in [-0.1, -0.05) is 58.0 Å². The Hall–Kier alpha value is -3.47. The number of rotatable bonds is 15. The van der Waals surface area contributed by atoms with Gasteiger partial charge in [0, 0.05) is 12.8 Å². The molecule has 1 rings (SSSR count). The van der Waals surface area contributed by atoms with Crippen LogP contribution in [0.1, 0.15) is 52.5 Å². The maximum atomic E-state index is 13.2. The third kappa shape index (κ3) is 10.9. The van der Waals surface area contributed by atoms with E-state index in [4.69, 9.17) is 10.8 Å². The highest BCUT2D eigenvalue weighted by molar-refractivity contribution is 5.94. The van der Waals surface area contributed by atoms with E-state index in [9.17, 15) is 29.1 Å². The van der Waals surface area contributed by atoms with Crippen LogP contribution in [0.4, 0.5) is 0 Å². The first-order valence-corrected chi connectivity index (χ1v) is 12.0. The van der Waals surface area contributed by atoms with Crippen LogP contribution in [0.25, 0.3) is 0 Å². The zero-order chi connectivity index (χ0) is 27.4. The molecule has 1 aromatic carbocycles. The average molecular weight is 507 g/mol. The van der Waals surface area contributed by atoms with Gasteiger partial charge in [-0.05, 0) is 30.2 Å². The van der Waals surface area contributed by atoms with Crippen molar-refractivity contribution in [1.29, 1.82) is 0 Å². The Morgan fingerprint density at radius 2 is 1.42 bits per heavy atom. The molecule has 11 nitrogen and oxygen atoms in total. The molecule has 0 heterocycles. The summed E-state index contributed by atoms with van der Waals surface area (Å²) in [5.74, 6) is -4.63. The number of benzene rings is 1. The first kappa shape index (κ1) is 30.6. The molecule has 7 N–H and O–H groups in total. The Bertz CT molecular complexity index is 905. The van der Waals surface area contributed by atoms with E-state index in [1.54, 1.807) is 44.2 Å². The minimum atomic E-state index is -1.45. The fraction of sp³-hybridized carbons (Fsp3) is 0.560. The minimum absolute atomic E-state index is 0.0509. The normalized spacial score (nSPS) is 14.4. The van der Waals surface area contributed by atoms with Crippen LogP contribution in [-0.4, -0.2) is 64.0 Å². The maximum Gasteiger partial charge on any atom is 0.326 e. The topological polar surface area (TPSA) is 188 Å². The van der Waals surface area contributed by atoms with Crippen LogP contribution in [0.3, 0.4) is 0 Å². The Balaban J connectivity index is 3.08. The number of carboxylic acids is 2. The van der Waals surface area contributed by atoms with Crippen molar-refractivity contribution in [3.05, 3.63) is 35.9 Å². The third-order valence-electron chi connectivity index (χ3n) is 5.49. The Kier molecular flexibility index (Phi) is 12.6. The summed E-state index contributed by atoms with van der Waals surface area (Å²) >= 11 is 0. The van der Waals surface area contributed by atoms with Gasteiger partial charge in [-0.3, -0.25) is 19.2 Å². The lowest BCUT2D eigenvalue weighted by Crippen LogP contribution is -2.59. The monoisotopic (exact) mass is 506 g/mol. The van der Waals surface area contributed by atoms with Crippen molar-refractivity contribution in [3.8, 4) is 0 Å². The van der Waals surface area contributed by atoms with Crippen molar-refractivity contribution >= 4 is 29.7 Å². The van der Waals surface area contributed by atoms with Gasteiger partial charge in [-0.2, -0.15) is 0 Å². The quantitative estimate of drug-likeness (QED) is 0.200. The van der Waals surface area contributed by atoms with Crippen LogP contribution in [-0.2, 0) is 30.4 Å². The second kappa shape index (κ2) is 14.8. The number of amides is 3. The standard InChI is InChI=1S/C25H38N4O7/c1-14(2)12-17(26)22(32)29-21(15(3)4)24(34)28-19(13-16-8-6-5-7-9-16)23(33)27-18(25(35)36)10-11-20(30)31/h5-9,14-15,17-19,21H,10-13,26H2,1-4H3,(H,27,33)(H,28,34)(H,29,32)(H,30,31)(H,35,36). The Morgan fingerprint density at radius 3 is 1.92 bits per heavy atom. The highest BCUT2D eigenvalue weighted by Crippen LogP contribution is 2.09. The largest absolute Gasteiger partial charge is 0.481 e. The third-order valence-corrected chi connectivity index (χ3v) is 5.49. The van der Waals surface area contributed by atoms with Gasteiger partial charge in [-0.15, -0.1) is 0 Å². The molecule has 0 fully saturated rings. The molecule has 11 heteroatoms. The smallest absolute Gasteiger partial charge is 0.326 e. The maximum absolute atomic E-state index is 13.2. The molecule has 1 aromatic rings. The molecule has 0 aliphatic rings. The summed E-state index contributed by atoms with van der Waals surface area (Å²) in [6.45, 7) is 7.31. The van der Waals surface area contributed by atoms with E-state index in [0.717, 1.165) is 0 Å². The van der Waals surface area contributed by atoms with Crippen molar-refractivity contribution in [2.24, 2.45) is 17.6 Å². The molecule has 3 amide bonds. The lowest BCUT2D eigenvalue weighted by molar-refractivity contribution is -0.143. The Labute approximate surface area is 211 Å². The van der Waals surface area contributed by atoms with Gasteiger partial charge in [0.1, 0.15) is 18.1 Å². The van der Waals surface area contributed by atoms with E-state index >= 15 is 0 Å². The Morgan fingerprint density at radius 1 is 0.833 bits per heavy atom. The van der Waals surface area contributed by atoms with Crippen LogP contribution in [0, 0.1) is 11.8 Å². The van der Waals surface area contributed by atoms with E-state index in [1.165, 1.54) is 0 Å². The van der Waals surface area contributed by atoms with Gasteiger partial charge in [0.05, 0.1) is 6.04 Å². The van der Waals surface area contributed by atoms with E-state index < -0.39 is 60.2 Å². The van der Waals surface area contributed by atoms with Crippen LogP contribution in [0.2, 0.25) is 0 Å². The number of nitrogens with one attached hydrogen (secondary N) is 3. The molecular formula is C25H38N4O7. The molecule has 200 valence electrons. The molecule has 0 saturated heterocycles. The molecule has 0 spiro atoms. The molecule has 4 atom stereocenters. The van der Waals surface area contributed by atoms with Crippen molar-refractivity contribution in [2.75, 3.05) is 0 Å². The van der Waals surface area contributed by atoms with Crippen molar-refractivity contribution in [2.45, 2.75) is 77.5 Å². The van der Waals surface area contributed by atoms with Crippen LogP contribution in [0.15, 0.2) is 30.3 Å². The summed E-state index contributed by atoms with van der Waals surface area (Å²) in [5.41, 5.74) is 6.65. The number of hydrogen-bond donors (Lipinski definition) is 6. The zero-order valence-electron chi connectivity index (χ0n) is 21.2. The lowest BCUT2D eigenvalue weighted by Gasteiger charge is -2.27. The number of carboxylic acid groups (broad SMARTS) is 2. The number of carbonyl (C=O) groups excluding carboxylic acids is 3. The molecule has 0 aliphatic heterocycles. The number of hydrogen-bond acceptors (Lipinski definition) is 6. The van der Waals surface area contributed by atoms with Crippen LogP contribution in [0.5, 0.6) is 0 Å². The van der Waals surface area contributed by atoms with E-state index in [-0.39, 0.29) is 24.7 Å². The predicted molar refractivity (Wildman–Crippen MR) is 133 cm³/mol. The second-order valence-corrected chi connectivity index (χ2v) is 9.55. The van der Waals surface area contributed by atoms with Gasteiger partial charge < -0.3 is 31.9 Å². The fourth-order valence-electron chi connectivity index (χ4n) is 3.53. The SMILES string of the molecule is CC(C)CC(N)C(=O)NC(C(=O)NC(Cc1ccccc1)C(=O)NC(CCC(=O)O)C(=O)O)C(C)C. The number of aliphatic carboxylic acids is 2. The molecule has 0 radical (unpaired) electrons. The first-order chi connectivity index (χ1) is 16.8. The summed E-state index contributed by atoms with van der Waals surface area (Å²) in [7, 11) is 0. The van der Waals surface area contributed by atoms with Gasteiger partial charge in [-0.25, -0.2) is 4.79 Å². The second-order valence-electron chi connectivity index (χ2n) is 9.55. The average Bonchev–Trinajstić information content (AvgIpc) is 2.78. The first-order valence-electron chi connectivity index (χ1n) is 12.0. The molecule has 0 aromatic heterocycles. The zero-order valence-corrected chi connectivity index (χ0v) is 21.2. The minimum Gasteiger partial charge on any atom is -0.481 e. The summed E-state index contributed by atoms with van der Waals surface area (Å²) in [6.07, 6.45) is -0.286. The highest BCUT2D eigenvalue weighted by atomic mass is 16.4. The molecular weight excluding hydrogens is 468 g/mol. The number of carbonyl (C=O) groups is 5. The summed E-state index contributed by atoms with van der Waals surface area (Å²) < 4.78 is 0. The van der Waals surface area contributed by atoms with E-state index in [2.05, 4.69) is 16.0 Å². The van der Waals surface area contributed by atoms with Crippen LogP contribution < -0.4 is 21.7 Å². The summed E-state index contributed by atoms with van der Waals surface area (Å²) in [6, 6.07) is 4.40. The number of nitrogens with two attached hydrogens (primary N) is 1. The summed E-state index contributed by atoms with van der Waals surface area (Å²) in [5, 5.41) is 25.9. The van der Waals surface area contributed by atoms with Gasteiger partial charge >= 0.3 is 11.9 Å². The highest BCUT2D eigenvalue weighted by Gasteiger charge is 2.32. The molecule has 0 bridgehead atoms. The lowest BCUT2D eigenvalue weighted by atomic mass is 9.99.